The maximum absolute atomic E-state index is 9.42. The van der Waals surface area contributed by atoms with Gasteiger partial charge < -0.3 is 15.4 Å². The van der Waals surface area contributed by atoms with Crippen molar-refractivity contribution in [1.29, 1.82) is 0 Å². The number of H-pyrrole nitrogens is 1. The van der Waals surface area contributed by atoms with E-state index in [0.717, 1.165) is 19.5 Å². The molecule has 3 heteroatoms. The summed E-state index contributed by atoms with van der Waals surface area (Å²) in [5.74, 6) is 0. The van der Waals surface area contributed by atoms with Crippen molar-refractivity contribution >= 4 is 10.9 Å². The Morgan fingerprint density at radius 3 is 2.84 bits per heavy atom. The fourth-order valence-electron chi connectivity index (χ4n) is 2.98. The lowest BCUT2D eigenvalue weighted by Crippen LogP contribution is -2.43. The van der Waals surface area contributed by atoms with Crippen LogP contribution >= 0.6 is 0 Å². The third kappa shape index (κ3) is 2.53. The number of aliphatic hydroxyl groups is 1. The van der Waals surface area contributed by atoms with E-state index in [2.05, 4.69) is 40.8 Å². The van der Waals surface area contributed by atoms with Gasteiger partial charge in [0, 0.05) is 35.7 Å². The van der Waals surface area contributed by atoms with Crippen LogP contribution in [-0.4, -0.2) is 29.8 Å². The Bertz CT molecular complexity index is 537. The number of hydrogen-bond donors (Lipinski definition) is 3. The van der Waals surface area contributed by atoms with Crippen LogP contribution in [0, 0.1) is 5.41 Å². The van der Waals surface area contributed by atoms with Crippen molar-refractivity contribution in [3.05, 3.63) is 36.0 Å². The zero-order chi connectivity index (χ0) is 13.1. The zero-order valence-corrected chi connectivity index (χ0v) is 11.3. The van der Waals surface area contributed by atoms with E-state index in [1.54, 1.807) is 0 Å². The van der Waals surface area contributed by atoms with E-state index in [4.69, 9.17) is 0 Å². The number of aromatic nitrogens is 1. The predicted octanol–water partition coefficient (Wildman–Crippen LogP) is 2.46. The molecule has 3 rings (SSSR count). The van der Waals surface area contributed by atoms with E-state index in [1.807, 2.05) is 0 Å². The predicted molar refractivity (Wildman–Crippen MR) is 78.2 cm³/mol. The third-order valence-corrected chi connectivity index (χ3v) is 4.50. The van der Waals surface area contributed by atoms with Crippen LogP contribution in [0.25, 0.3) is 10.9 Å². The highest BCUT2D eigenvalue weighted by Crippen LogP contribution is 2.39. The Morgan fingerprint density at radius 1 is 1.26 bits per heavy atom. The molecule has 3 N–H and O–H groups in total. The van der Waals surface area contributed by atoms with Crippen LogP contribution in [0.15, 0.2) is 30.5 Å². The Balaban J connectivity index is 1.52. The van der Waals surface area contributed by atoms with Crippen molar-refractivity contribution in [2.24, 2.45) is 5.41 Å². The van der Waals surface area contributed by atoms with Crippen LogP contribution in [0.4, 0.5) is 0 Å². The highest BCUT2D eigenvalue weighted by atomic mass is 16.3. The van der Waals surface area contributed by atoms with E-state index >= 15 is 0 Å². The van der Waals surface area contributed by atoms with Crippen molar-refractivity contribution in [1.82, 2.24) is 10.3 Å². The third-order valence-electron chi connectivity index (χ3n) is 4.50. The summed E-state index contributed by atoms with van der Waals surface area (Å²) >= 11 is 0. The summed E-state index contributed by atoms with van der Waals surface area (Å²) in [6, 6.07) is 8.42. The molecule has 0 spiro atoms. The van der Waals surface area contributed by atoms with Gasteiger partial charge in [0.25, 0.3) is 0 Å². The lowest BCUT2D eigenvalue weighted by Gasteiger charge is -2.40. The quantitative estimate of drug-likeness (QED) is 0.697. The summed E-state index contributed by atoms with van der Waals surface area (Å²) < 4.78 is 0. The van der Waals surface area contributed by atoms with Crippen LogP contribution in [0.3, 0.4) is 0 Å². The fraction of sp³-hybridized carbons (Fsp3) is 0.500. The smallest absolute Gasteiger partial charge is 0.0499 e. The fourth-order valence-corrected chi connectivity index (χ4v) is 2.98. The zero-order valence-electron chi connectivity index (χ0n) is 11.3. The van der Waals surface area contributed by atoms with Crippen molar-refractivity contribution < 1.29 is 5.11 Å². The van der Waals surface area contributed by atoms with Crippen molar-refractivity contribution in [2.45, 2.75) is 25.7 Å². The summed E-state index contributed by atoms with van der Waals surface area (Å²) in [6.07, 6.45) is 6.75. The number of para-hydroxylation sites is 1. The van der Waals surface area contributed by atoms with Crippen LogP contribution < -0.4 is 5.32 Å². The number of hydrogen-bond acceptors (Lipinski definition) is 2. The molecular formula is C16H22N2O. The Hall–Kier alpha value is -1.32. The molecule has 19 heavy (non-hydrogen) atoms. The SMILES string of the molecule is OCC1(CNCCc2c[nH]c3ccccc23)CCC1. The van der Waals surface area contributed by atoms with Gasteiger partial charge >= 0.3 is 0 Å². The average Bonchev–Trinajstić information content (AvgIpc) is 2.81. The second-order valence-electron chi connectivity index (χ2n) is 5.80. The van der Waals surface area contributed by atoms with Gasteiger partial charge in [0.1, 0.15) is 0 Å². The second-order valence-corrected chi connectivity index (χ2v) is 5.80. The minimum atomic E-state index is 0.181. The van der Waals surface area contributed by atoms with E-state index in [1.165, 1.54) is 35.7 Å². The summed E-state index contributed by atoms with van der Waals surface area (Å²) in [7, 11) is 0. The summed E-state index contributed by atoms with van der Waals surface area (Å²) in [5, 5.41) is 14.2. The van der Waals surface area contributed by atoms with Crippen LogP contribution in [0.2, 0.25) is 0 Å². The molecule has 0 bridgehead atoms. The number of aromatic amines is 1. The average molecular weight is 258 g/mol. The summed E-state index contributed by atoms with van der Waals surface area (Å²) in [6.45, 7) is 2.25. The van der Waals surface area contributed by atoms with Gasteiger partial charge in [-0.05, 0) is 37.4 Å². The molecule has 0 radical (unpaired) electrons. The molecule has 0 atom stereocenters. The Labute approximate surface area is 114 Å². The lowest BCUT2D eigenvalue weighted by atomic mass is 9.69. The van der Waals surface area contributed by atoms with Crippen molar-refractivity contribution in [2.75, 3.05) is 19.7 Å². The van der Waals surface area contributed by atoms with Gasteiger partial charge in [-0.2, -0.15) is 0 Å². The first kappa shape index (κ1) is 12.7. The molecule has 1 fully saturated rings. The molecule has 2 aromatic rings. The molecule has 1 saturated carbocycles. The second kappa shape index (κ2) is 5.35. The molecule has 1 aromatic carbocycles. The molecule has 0 amide bonds. The normalized spacial score (nSPS) is 17.5. The monoisotopic (exact) mass is 258 g/mol. The number of aliphatic hydroxyl groups excluding tert-OH is 1. The molecule has 1 aromatic heterocycles. The van der Waals surface area contributed by atoms with Gasteiger partial charge in [0.15, 0.2) is 0 Å². The Kier molecular flexibility index (Phi) is 3.58. The molecule has 3 nitrogen and oxygen atoms in total. The van der Waals surface area contributed by atoms with E-state index < -0.39 is 0 Å². The largest absolute Gasteiger partial charge is 0.396 e. The maximum atomic E-state index is 9.42. The van der Waals surface area contributed by atoms with Gasteiger partial charge in [-0.25, -0.2) is 0 Å². The standard InChI is InChI=1S/C16H22N2O/c19-12-16(7-3-8-16)11-17-9-6-13-10-18-15-5-2-1-4-14(13)15/h1-2,4-5,10,17-19H,3,6-9,11-12H2. The summed E-state index contributed by atoms with van der Waals surface area (Å²) in [4.78, 5) is 3.31. The number of nitrogens with one attached hydrogen (secondary N) is 2. The van der Waals surface area contributed by atoms with Crippen LogP contribution in [0.1, 0.15) is 24.8 Å². The lowest BCUT2D eigenvalue weighted by molar-refractivity contribution is 0.0451. The minimum Gasteiger partial charge on any atom is -0.396 e. The van der Waals surface area contributed by atoms with Gasteiger partial charge in [-0.15, -0.1) is 0 Å². The Morgan fingerprint density at radius 2 is 2.11 bits per heavy atom. The molecule has 0 saturated heterocycles. The highest BCUT2D eigenvalue weighted by molar-refractivity contribution is 5.83. The topological polar surface area (TPSA) is 48.0 Å². The van der Waals surface area contributed by atoms with Gasteiger partial charge in [0.05, 0.1) is 0 Å². The molecule has 0 unspecified atom stereocenters. The van der Waals surface area contributed by atoms with Crippen LogP contribution in [-0.2, 0) is 6.42 Å². The van der Waals surface area contributed by atoms with E-state index in [-0.39, 0.29) is 5.41 Å². The molecular weight excluding hydrogens is 236 g/mol. The van der Waals surface area contributed by atoms with Gasteiger partial charge in [0.2, 0.25) is 0 Å². The minimum absolute atomic E-state index is 0.181. The van der Waals surface area contributed by atoms with Gasteiger partial charge in [-0.3, -0.25) is 0 Å². The van der Waals surface area contributed by atoms with Crippen molar-refractivity contribution in [3.8, 4) is 0 Å². The molecule has 1 heterocycles. The maximum Gasteiger partial charge on any atom is 0.0499 e. The molecule has 0 aliphatic heterocycles. The highest BCUT2D eigenvalue weighted by Gasteiger charge is 2.35. The van der Waals surface area contributed by atoms with Crippen molar-refractivity contribution in [3.63, 3.8) is 0 Å². The molecule has 1 aliphatic rings. The van der Waals surface area contributed by atoms with E-state index in [0.29, 0.717) is 6.61 Å². The summed E-state index contributed by atoms with van der Waals surface area (Å²) in [5.41, 5.74) is 2.76. The number of benzene rings is 1. The first-order chi connectivity index (χ1) is 9.33. The first-order valence-corrected chi connectivity index (χ1v) is 7.20. The number of fused-ring (bicyclic) bond motifs is 1. The molecule has 1 aliphatic carbocycles. The molecule has 102 valence electrons. The number of rotatable bonds is 6. The van der Waals surface area contributed by atoms with E-state index in [9.17, 15) is 5.11 Å². The van der Waals surface area contributed by atoms with Gasteiger partial charge in [-0.1, -0.05) is 24.6 Å². The first-order valence-electron chi connectivity index (χ1n) is 7.20. The van der Waals surface area contributed by atoms with Crippen LogP contribution in [0.5, 0.6) is 0 Å².